The minimum atomic E-state index is -0.120. The van der Waals surface area contributed by atoms with Crippen molar-refractivity contribution in [3.63, 3.8) is 0 Å². The largest absolute Gasteiger partial charge is 0.396 e. The van der Waals surface area contributed by atoms with E-state index in [0.29, 0.717) is 22.2 Å². The zero-order valence-corrected chi connectivity index (χ0v) is 14.5. The van der Waals surface area contributed by atoms with Crippen LogP contribution < -0.4 is 5.32 Å². The van der Waals surface area contributed by atoms with Crippen LogP contribution in [0.15, 0.2) is 30.5 Å². The second kappa shape index (κ2) is 7.36. The Morgan fingerprint density at radius 2 is 2.04 bits per heavy atom. The van der Waals surface area contributed by atoms with Crippen LogP contribution in [0.25, 0.3) is 11.3 Å². The van der Waals surface area contributed by atoms with Crippen LogP contribution in [0.5, 0.6) is 0 Å². The molecule has 128 valence electrons. The second-order valence-corrected chi connectivity index (χ2v) is 6.83. The van der Waals surface area contributed by atoms with Crippen molar-refractivity contribution in [2.75, 3.05) is 6.61 Å². The Morgan fingerprint density at radius 1 is 1.33 bits per heavy atom. The summed E-state index contributed by atoms with van der Waals surface area (Å²) in [6.07, 6.45) is 5.43. The number of halogens is 1. The molecule has 3 rings (SSSR count). The molecule has 1 amide bonds. The topological polar surface area (TPSA) is 67.2 Å². The van der Waals surface area contributed by atoms with E-state index in [1.807, 2.05) is 18.2 Å². The summed E-state index contributed by atoms with van der Waals surface area (Å²) < 4.78 is 1.64. The normalized spacial score (nSPS) is 20.8. The second-order valence-electron chi connectivity index (χ2n) is 6.42. The molecule has 5 nitrogen and oxygen atoms in total. The maximum Gasteiger partial charge on any atom is 0.255 e. The number of nitrogens with zero attached hydrogens (tertiary/aromatic N) is 2. The predicted octanol–water partition coefficient (Wildman–Crippen LogP) is 3.02. The average Bonchev–Trinajstić information content (AvgIpc) is 2.98. The van der Waals surface area contributed by atoms with E-state index in [1.165, 1.54) is 0 Å². The maximum atomic E-state index is 12.7. The fourth-order valence-electron chi connectivity index (χ4n) is 3.26. The number of aliphatic hydroxyl groups excluding tert-OH is 1. The van der Waals surface area contributed by atoms with Crippen LogP contribution in [0.4, 0.5) is 0 Å². The van der Waals surface area contributed by atoms with E-state index in [0.717, 1.165) is 31.2 Å². The lowest BCUT2D eigenvalue weighted by Gasteiger charge is -2.27. The van der Waals surface area contributed by atoms with E-state index < -0.39 is 0 Å². The summed E-state index contributed by atoms with van der Waals surface area (Å²) in [5.41, 5.74) is 1.90. The lowest BCUT2D eigenvalue weighted by molar-refractivity contribution is 0.0914. The molecule has 0 bridgehead atoms. The number of aryl methyl sites for hydroxylation is 1. The van der Waals surface area contributed by atoms with Crippen LogP contribution in [0.2, 0.25) is 5.02 Å². The molecule has 1 aromatic carbocycles. The van der Waals surface area contributed by atoms with Crippen molar-refractivity contribution >= 4 is 17.5 Å². The van der Waals surface area contributed by atoms with E-state index in [9.17, 15) is 9.90 Å². The highest BCUT2D eigenvalue weighted by Crippen LogP contribution is 2.29. The number of aliphatic hydroxyl groups is 1. The number of hydrogen-bond acceptors (Lipinski definition) is 3. The Bertz CT molecular complexity index is 721. The first-order valence-corrected chi connectivity index (χ1v) is 8.66. The van der Waals surface area contributed by atoms with Gasteiger partial charge in [-0.2, -0.15) is 5.10 Å². The van der Waals surface area contributed by atoms with Crippen molar-refractivity contribution in [2.24, 2.45) is 13.0 Å². The Hall–Kier alpha value is -1.85. The van der Waals surface area contributed by atoms with Gasteiger partial charge in [0.15, 0.2) is 0 Å². The maximum absolute atomic E-state index is 12.7. The number of aromatic nitrogens is 2. The van der Waals surface area contributed by atoms with Crippen molar-refractivity contribution in [2.45, 2.75) is 31.7 Å². The van der Waals surface area contributed by atoms with Gasteiger partial charge >= 0.3 is 0 Å². The quantitative estimate of drug-likeness (QED) is 0.893. The number of benzene rings is 1. The molecule has 1 saturated carbocycles. The molecule has 0 spiro atoms. The number of hydrogen-bond donors (Lipinski definition) is 2. The van der Waals surface area contributed by atoms with Gasteiger partial charge in [-0.3, -0.25) is 9.48 Å². The molecular formula is C18H22ClN3O2. The highest BCUT2D eigenvalue weighted by atomic mass is 35.5. The Morgan fingerprint density at radius 3 is 2.71 bits per heavy atom. The van der Waals surface area contributed by atoms with Crippen LogP contribution in [-0.2, 0) is 7.05 Å². The fraction of sp³-hybridized carbons (Fsp3) is 0.444. The number of rotatable bonds is 4. The summed E-state index contributed by atoms with van der Waals surface area (Å²) in [5.74, 6) is 0.251. The Labute approximate surface area is 146 Å². The lowest BCUT2D eigenvalue weighted by Crippen LogP contribution is -2.38. The van der Waals surface area contributed by atoms with Gasteiger partial charge in [0.25, 0.3) is 5.91 Å². The van der Waals surface area contributed by atoms with Crippen LogP contribution in [0, 0.1) is 5.92 Å². The van der Waals surface area contributed by atoms with E-state index in [2.05, 4.69) is 10.4 Å². The third-order valence-corrected chi connectivity index (χ3v) is 4.97. The number of carbonyl (C=O) groups is 1. The molecular weight excluding hydrogens is 326 g/mol. The van der Waals surface area contributed by atoms with Gasteiger partial charge in [-0.1, -0.05) is 29.8 Å². The van der Waals surface area contributed by atoms with E-state index in [-0.39, 0.29) is 18.6 Å². The van der Waals surface area contributed by atoms with Gasteiger partial charge in [0.2, 0.25) is 0 Å². The Kier molecular flexibility index (Phi) is 5.21. The molecule has 0 radical (unpaired) electrons. The fourth-order valence-corrected chi connectivity index (χ4v) is 3.48. The molecule has 1 aromatic heterocycles. The number of carbonyl (C=O) groups excluding carboxylic acids is 1. The van der Waals surface area contributed by atoms with Crippen LogP contribution >= 0.6 is 11.6 Å². The van der Waals surface area contributed by atoms with E-state index in [4.69, 9.17) is 11.6 Å². The molecule has 24 heavy (non-hydrogen) atoms. The van der Waals surface area contributed by atoms with Crippen molar-refractivity contribution < 1.29 is 9.90 Å². The zero-order chi connectivity index (χ0) is 17.1. The highest BCUT2D eigenvalue weighted by Gasteiger charge is 2.25. The molecule has 2 aromatic rings. The number of nitrogens with one attached hydrogen (secondary N) is 1. The monoisotopic (exact) mass is 347 g/mol. The molecule has 0 unspecified atom stereocenters. The lowest BCUT2D eigenvalue weighted by atomic mass is 9.86. The third-order valence-electron chi connectivity index (χ3n) is 4.64. The molecule has 1 aliphatic carbocycles. The van der Waals surface area contributed by atoms with Gasteiger partial charge in [0, 0.05) is 31.5 Å². The molecule has 2 N–H and O–H groups in total. The first kappa shape index (κ1) is 17.0. The van der Waals surface area contributed by atoms with Crippen LogP contribution in [0.1, 0.15) is 36.0 Å². The average molecular weight is 348 g/mol. The number of amides is 1. The molecule has 1 heterocycles. The summed E-state index contributed by atoms with van der Waals surface area (Å²) in [6, 6.07) is 7.55. The SMILES string of the molecule is Cn1cc(C(=O)NC2CCC(CO)CC2)c(-c2ccccc2Cl)n1. The van der Waals surface area contributed by atoms with Crippen molar-refractivity contribution in [1.82, 2.24) is 15.1 Å². The molecule has 1 fully saturated rings. The summed E-state index contributed by atoms with van der Waals surface area (Å²) in [4.78, 5) is 12.7. The van der Waals surface area contributed by atoms with Gasteiger partial charge in [-0.25, -0.2) is 0 Å². The molecule has 6 heteroatoms. The highest BCUT2D eigenvalue weighted by molar-refractivity contribution is 6.33. The molecule has 0 atom stereocenters. The Balaban J connectivity index is 1.78. The first-order valence-electron chi connectivity index (χ1n) is 8.28. The third kappa shape index (κ3) is 3.62. The van der Waals surface area contributed by atoms with E-state index >= 15 is 0 Å². The minimum absolute atomic E-state index is 0.120. The van der Waals surface area contributed by atoms with Crippen LogP contribution in [-0.4, -0.2) is 33.4 Å². The summed E-state index contributed by atoms with van der Waals surface area (Å²) in [6.45, 7) is 0.236. The van der Waals surface area contributed by atoms with E-state index in [1.54, 1.807) is 24.0 Å². The standard InChI is InChI=1S/C18H22ClN3O2/c1-22-10-15(17(21-22)14-4-2-3-5-16(14)19)18(24)20-13-8-6-12(11-23)7-9-13/h2-5,10,12-13,23H,6-9,11H2,1H3,(H,20,24). The molecule has 0 saturated heterocycles. The van der Waals surface area contributed by atoms with Gasteiger partial charge in [0.1, 0.15) is 5.69 Å². The zero-order valence-electron chi connectivity index (χ0n) is 13.7. The summed E-state index contributed by atoms with van der Waals surface area (Å²) in [5, 5.41) is 17.3. The predicted molar refractivity (Wildman–Crippen MR) is 94.0 cm³/mol. The summed E-state index contributed by atoms with van der Waals surface area (Å²) in [7, 11) is 1.80. The minimum Gasteiger partial charge on any atom is -0.396 e. The smallest absolute Gasteiger partial charge is 0.255 e. The summed E-state index contributed by atoms with van der Waals surface area (Å²) >= 11 is 6.26. The van der Waals surface area contributed by atoms with Crippen molar-refractivity contribution in [1.29, 1.82) is 0 Å². The molecule has 1 aliphatic rings. The molecule has 0 aliphatic heterocycles. The van der Waals surface area contributed by atoms with Crippen molar-refractivity contribution in [3.8, 4) is 11.3 Å². The van der Waals surface area contributed by atoms with Gasteiger partial charge in [-0.05, 0) is 37.7 Å². The first-order chi connectivity index (χ1) is 11.6. The van der Waals surface area contributed by atoms with Gasteiger partial charge in [-0.15, -0.1) is 0 Å². The van der Waals surface area contributed by atoms with Crippen LogP contribution in [0.3, 0.4) is 0 Å². The van der Waals surface area contributed by atoms with Gasteiger partial charge < -0.3 is 10.4 Å². The van der Waals surface area contributed by atoms with Gasteiger partial charge in [0.05, 0.1) is 10.6 Å². The van der Waals surface area contributed by atoms with Crippen molar-refractivity contribution in [3.05, 3.63) is 41.0 Å².